The van der Waals surface area contributed by atoms with Crippen molar-refractivity contribution in [2.45, 2.75) is 13.8 Å². The Labute approximate surface area is 121 Å². The van der Waals surface area contributed by atoms with E-state index >= 15 is 0 Å². The first-order valence-electron chi connectivity index (χ1n) is 5.04. The topological polar surface area (TPSA) is 17.1 Å². The molecule has 1 heterocycles. The summed E-state index contributed by atoms with van der Waals surface area (Å²) >= 11 is 8.43. The van der Waals surface area contributed by atoms with Crippen molar-refractivity contribution in [1.82, 2.24) is 0 Å². The Kier molecular flexibility index (Phi) is 3.85. The van der Waals surface area contributed by atoms with Crippen molar-refractivity contribution in [2.24, 2.45) is 0 Å². The second kappa shape index (κ2) is 5.04. The molecule has 0 saturated heterocycles. The number of ketones is 1. The minimum absolute atomic E-state index is 0.0665. The molecule has 0 aliphatic rings. The standard InChI is InChI=1S/C13H10Br2OS/c1-7-3-9(4-8(2)12(7)15)13(16)10-5-17-6-11(10)14/h3-6H,1-2H3. The van der Waals surface area contributed by atoms with Gasteiger partial charge in [0.2, 0.25) is 0 Å². The molecule has 0 spiro atoms. The van der Waals surface area contributed by atoms with E-state index < -0.39 is 0 Å². The summed E-state index contributed by atoms with van der Waals surface area (Å²) in [4.78, 5) is 12.3. The number of carbonyl (C=O) groups excluding carboxylic acids is 1. The van der Waals surface area contributed by atoms with Crippen molar-refractivity contribution in [1.29, 1.82) is 0 Å². The lowest BCUT2D eigenvalue weighted by Crippen LogP contribution is -2.02. The van der Waals surface area contributed by atoms with E-state index in [4.69, 9.17) is 0 Å². The first-order chi connectivity index (χ1) is 8.00. The van der Waals surface area contributed by atoms with Gasteiger partial charge in [0.15, 0.2) is 5.78 Å². The normalized spacial score (nSPS) is 10.6. The summed E-state index contributed by atoms with van der Waals surface area (Å²) < 4.78 is 1.93. The summed E-state index contributed by atoms with van der Waals surface area (Å²) in [6, 6.07) is 3.84. The third kappa shape index (κ3) is 2.54. The smallest absolute Gasteiger partial charge is 0.195 e. The number of benzene rings is 1. The molecule has 2 rings (SSSR count). The quantitative estimate of drug-likeness (QED) is 0.667. The van der Waals surface area contributed by atoms with Crippen LogP contribution in [0.15, 0.2) is 31.8 Å². The van der Waals surface area contributed by atoms with Crippen LogP contribution in [0.2, 0.25) is 0 Å². The molecule has 0 aliphatic heterocycles. The molecule has 0 fully saturated rings. The van der Waals surface area contributed by atoms with Crippen molar-refractivity contribution < 1.29 is 4.79 Å². The zero-order valence-electron chi connectivity index (χ0n) is 9.38. The van der Waals surface area contributed by atoms with Crippen LogP contribution in [0.25, 0.3) is 0 Å². The third-order valence-corrected chi connectivity index (χ3v) is 5.51. The van der Waals surface area contributed by atoms with Gasteiger partial charge in [0.25, 0.3) is 0 Å². The minimum atomic E-state index is 0.0665. The van der Waals surface area contributed by atoms with Crippen LogP contribution < -0.4 is 0 Å². The van der Waals surface area contributed by atoms with Crippen LogP contribution in [-0.4, -0.2) is 5.78 Å². The SMILES string of the molecule is Cc1cc(C(=O)c2cscc2Br)cc(C)c1Br. The van der Waals surface area contributed by atoms with Gasteiger partial charge in [0, 0.05) is 30.8 Å². The number of rotatable bonds is 2. The molecule has 0 aliphatic carbocycles. The lowest BCUT2D eigenvalue weighted by molar-refractivity contribution is 0.103. The van der Waals surface area contributed by atoms with E-state index in [1.807, 2.05) is 36.7 Å². The van der Waals surface area contributed by atoms with Crippen molar-refractivity contribution in [3.8, 4) is 0 Å². The highest BCUT2D eigenvalue weighted by Gasteiger charge is 2.15. The minimum Gasteiger partial charge on any atom is -0.289 e. The second-order valence-electron chi connectivity index (χ2n) is 3.89. The average Bonchev–Trinajstić information content (AvgIpc) is 2.70. The lowest BCUT2D eigenvalue weighted by atomic mass is 10.0. The fraction of sp³-hybridized carbons (Fsp3) is 0.154. The van der Waals surface area contributed by atoms with E-state index in [1.165, 1.54) is 11.3 Å². The van der Waals surface area contributed by atoms with Crippen LogP contribution >= 0.6 is 43.2 Å². The lowest BCUT2D eigenvalue weighted by Gasteiger charge is -2.07. The van der Waals surface area contributed by atoms with Crippen LogP contribution in [0.4, 0.5) is 0 Å². The molecule has 1 nitrogen and oxygen atoms in total. The Morgan fingerprint density at radius 3 is 2.18 bits per heavy atom. The van der Waals surface area contributed by atoms with E-state index in [1.54, 1.807) is 0 Å². The number of hydrogen-bond donors (Lipinski definition) is 0. The fourth-order valence-electron chi connectivity index (χ4n) is 1.68. The average molecular weight is 374 g/mol. The van der Waals surface area contributed by atoms with Gasteiger partial charge in [-0.1, -0.05) is 15.9 Å². The molecule has 0 atom stereocenters. The molecule has 1 aromatic carbocycles. The van der Waals surface area contributed by atoms with Crippen LogP contribution in [-0.2, 0) is 0 Å². The molecule has 88 valence electrons. The van der Waals surface area contributed by atoms with Crippen molar-refractivity contribution in [3.63, 3.8) is 0 Å². The van der Waals surface area contributed by atoms with Gasteiger partial charge in [-0.25, -0.2) is 0 Å². The summed E-state index contributed by atoms with van der Waals surface area (Å²) in [5, 5.41) is 3.80. The third-order valence-electron chi connectivity index (χ3n) is 2.56. The van der Waals surface area contributed by atoms with E-state index in [2.05, 4.69) is 31.9 Å². The van der Waals surface area contributed by atoms with Gasteiger partial charge in [-0.3, -0.25) is 4.79 Å². The molecule has 17 heavy (non-hydrogen) atoms. The van der Waals surface area contributed by atoms with Crippen molar-refractivity contribution in [2.75, 3.05) is 0 Å². The van der Waals surface area contributed by atoms with Crippen LogP contribution in [0, 0.1) is 13.8 Å². The number of hydrogen-bond acceptors (Lipinski definition) is 2. The number of aryl methyl sites for hydroxylation is 2. The van der Waals surface area contributed by atoms with Gasteiger partial charge >= 0.3 is 0 Å². The van der Waals surface area contributed by atoms with Crippen molar-refractivity contribution in [3.05, 3.63) is 54.1 Å². The Bertz CT molecular complexity index is 564. The predicted molar refractivity (Wildman–Crippen MR) is 79.1 cm³/mol. The maximum absolute atomic E-state index is 12.3. The van der Waals surface area contributed by atoms with Gasteiger partial charge in [0.1, 0.15) is 0 Å². The maximum atomic E-state index is 12.3. The molecule has 2 aromatic rings. The maximum Gasteiger partial charge on any atom is 0.195 e. The largest absolute Gasteiger partial charge is 0.289 e. The van der Waals surface area contributed by atoms with Gasteiger partial charge in [-0.15, -0.1) is 0 Å². The molecule has 0 radical (unpaired) electrons. The van der Waals surface area contributed by atoms with Crippen molar-refractivity contribution >= 4 is 49.0 Å². The zero-order chi connectivity index (χ0) is 12.6. The number of carbonyl (C=O) groups is 1. The monoisotopic (exact) mass is 372 g/mol. The van der Waals surface area contributed by atoms with E-state index in [0.717, 1.165) is 31.2 Å². The van der Waals surface area contributed by atoms with Crippen LogP contribution in [0.5, 0.6) is 0 Å². The summed E-state index contributed by atoms with van der Waals surface area (Å²) in [7, 11) is 0. The first kappa shape index (κ1) is 13.0. The Hall–Kier alpha value is -0.450. The number of halogens is 2. The summed E-state index contributed by atoms with van der Waals surface area (Å²) in [6.07, 6.45) is 0. The second-order valence-corrected chi connectivity index (χ2v) is 6.28. The van der Waals surface area contributed by atoms with Crippen LogP contribution in [0.1, 0.15) is 27.0 Å². The predicted octanol–water partition coefficient (Wildman–Crippen LogP) is 5.12. The molecule has 0 amide bonds. The molecule has 4 heteroatoms. The van der Waals surface area contributed by atoms with Crippen LogP contribution in [0.3, 0.4) is 0 Å². The summed E-state index contributed by atoms with van der Waals surface area (Å²) in [6.45, 7) is 3.99. The Morgan fingerprint density at radius 1 is 1.12 bits per heavy atom. The summed E-state index contributed by atoms with van der Waals surface area (Å²) in [5.41, 5.74) is 3.64. The molecule has 0 bridgehead atoms. The summed E-state index contributed by atoms with van der Waals surface area (Å²) in [5.74, 6) is 0.0665. The molecular formula is C13H10Br2OS. The Morgan fingerprint density at radius 2 is 1.71 bits per heavy atom. The van der Waals surface area contributed by atoms with E-state index in [9.17, 15) is 4.79 Å². The highest BCUT2D eigenvalue weighted by Crippen LogP contribution is 2.27. The highest BCUT2D eigenvalue weighted by molar-refractivity contribution is 9.10. The number of thiophene rings is 1. The molecule has 0 unspecified atom stereocenters. The molecular weight excluding hydrogens is 364 g/mol. The van der Waals surface area contributed by atoms with E-state index in [0.29, 0.717) is 0 Å². The molecule has 0 saturated carbocycles. The Balaban J connectivity index is 2.49. The van der Waals surface area contributed by atoms with Gasteiger partial charge in [0.05, 0.1) is 0 Å². The van der Waals surface area contributed by atoms with Gasteiger partial charge in [-0.05, 0) is 53.0 Å². The molecule has 0 N–H and O–H groups in total. The van der Waals surface area contributed by atoms with E-state index in [-0.39, 0.29) is 5.78 Å². The highest BCUT2D eigenvalue weighted by atomic mass is 79.9. The fourth-order valence-corrected chi connectivity index (χ4v) is 3.36. The first-order valence-corrected chi connectivity index (χ1v) is 7.56. The van der Waals surface area contributed by atoms with Gasteiger partial charge < -0.3 is 0 Å². The van der Waals surface area contributed by atoms with Gasteiger partial charge in [-0.2, -0.15) is 11.3 Å². The zero-order valence-corrected chi connectivity index (χ0v) is 13.4. The molecule has 1 aromatic heterocycles.